The number of ether oxygens (including phenoxy) is 1. The fourth-order valence-corrected chi connectivity index (χ4v) is 3.72. The van der Waals surface area contributed by atoms with Gasteiger partial charge in [-0.25, -0.2) is 9.78 Å². The fourth-order valence-electron chi connectivity index (χ4n) is 3.72. The van der Waals surface area contributed by atoms with Crippen molar-refractivity contribution in [2.24, 2.45) is 0 Å². The van der Waals surface area contributed by atoms with Gasteiger partial charge in [0.05, 0.1) is 5.60 Å². The number of aromatic nitrogens is 1. The topological polar surface area (TPSA) is 62.7 Å². The predicted octanol–water partition coefficient (Wildman–Crippen LogP) is 2.97. The highest BCUT2D eigenvalue weighted by Crippen LogP contribution is 2.46. The molecule has 1 aromatic heterocycles. The minimum Gasteiger partial charge on any atom is -0.444 e. The Kier molecular flexibility index (Phi) is 3.83. The SMILES string of the molecule is CC(C)(C)OC(=O)N1C2CCC1CC(O)(c1ccc(F)nc1)C2. The minimum atomic E-state index is -1.06. The first-order chi connectivity index (χ1) is 10.7. The molecular formula is C17H23FN2O3. The first-order valence-electron chi connectivity index (χ1n) is 8.04. The largest absolute Gasteiger partial charge is 0.444 e. The third-order valence-corrected chi connectivity index (χ3v) is 4.64. The molecule has 3 rings (SSSR count). The summed E-state index contributed by atoms with van der Waals surface area (Å²) in [6, 6.07) is 2.72. The molecule has 0 spiro atoms. The molecule has 3 heterocycles. The average Bonchev–Trinajstić information content (AvgIpc) is 2.71. The Bertz CT molecular complexity index is 583. The number of piperidine rings is 1. The smallest absolute Gasteiger partial charge is 0.410 e. The molecule has 0 aromatic carbocycles. The number of aliphatic hydroxyl groups is 1. The van der Waals surface area contributed by atoms with Crippen molar-refractivity contribution in [3.05, 3.63) is 29.8 Å². The summed E-state index contributed by atoms with van der Waals surface area (Å²) in [4.78, 5) is 17.8. The van der Waals surface area contributed by atoms with Crippen molar-refractivity contribution >= 4 is 6.09 Å². The number of carbonyl (C=O) groups is 1. The van der Waals surface area contributed by atoms with Crippen LogP contribution in [0.3, 0.4) is 0 Å². The van der Waals surface area contributed by atoms with Gasteiger partial charge in [0.25, 0.3) is 0 Å². The zero-order chi connectivity index (χ0) is 16.8. The molecule has 1 N–H and O–H groups in total. The predicted molar refractivity (Wildman–Crippen MR) is 82.2 cm³/mol. The van der Waals surface area contributed by atoms with Crippen molar-refractivity contribution in [3.8, 4) is 0 Å². The molecule has 0 aliphatic carbocycles. The molecule has 6 heteroatoms. The molecule has 1 aromatic rings. The highest BCUT2D eigenvalue weighted by Gasteiger charge is 2.51. The maximum atomic E-state index is 13.0. The normalized spacial score (nSPS) is 30.4. The van der Waals surface area contributed by atoms with Crippen LogP contribution in [0.2, 0.25) is 0 Å². The molecule has 2 bridgehead atoms. The van der Waals surface area contributed by atoms with Crippen LogP contribution in [0.15, 0.2) is 18.3 Å². The number of rotatable bonds is 1. The van der Waals surface area contributed by atoms with Crippen LogP contribution in [0.4, 0.5) is 9.18 Å². The van der Waals surface area contributed by atoms with Crippen LogP contribution >= 0.6 is 0 Å². The van der Waals surface area contributed by atoms with E-state index in [-0.39, 0.29) is 18.2 Å². The maximum Gasteiger partial charge on any atom is 0.410 e. The summed E-state index contributed by atoms with van der Waals surface area (Å²) < 4.78 is 18.5. The van der Waals surface area contributed by atoms with Crippen molar-refractivity contribution in [1.29, 1.82) is 0 Å². The van der Waals surface area contributed by atoms with Crippen LogP contribution in [0, 0.1) is 5.95 Å². The van der Waals surface area contributed by atoms with Crippen LogP contribution in [0.25, 0.3) is 0 Å². The number of carbonyl (C=O) groups excluding carboxylic acids is 1. The van der Waals surface area contributed by atoms with Gasteiger partial charge in [0.1, 0.15) is 5.60 Å². The van der Waals surface area contributed by atoms with Gasteiger partial charge >= 0.3 is 6.09 Å². The maximum absolute atomic E-state index is 13.0. The van der Waals surface area contributed by atoms with Crippen molar-refractivity contribution in [1.82, 2.24) is 9.88 Å². The summed E-state index contributed by atoms with van der Waals surface area (Å²) in [6.45, 7) is 5.53. The van der Waals surface area contributed by atoms with Gasteiger partial charge in [0, 0.05) is 36.7 Å². The molecule has 2 atom stereocenters. The molecule has 2 saturated heterocycles. The standard InChI is InChI=1S/C17H23FN2O3/c1-16(2,3)23-15(21)20-12-5-6-13(20)9-17(22,8-12)11-4-7-14(18)19-10-11/h4,7,10,12-13,22H,5-6,8-9H2,1-3H3. The number of nitrogens with zero attached hydrogens (tertiary/aromatic N) is 2. The number of fused-ring (bicyclic) bond motifs is 2. The number of hydrogen-bond acceptors (Lipinski definition) is 4. The van der Waals surface area contributed by atoms with Crippen molar-refractivity contribution in [2.45, 2.75) is 69.7 Å². The summed E-state index contributed by atoms with van der Waals surface area (Å²) >= 11 is 0. The van der Waals surface area contributed by atoms with E-state index in [1.807, 2.05) is 20.8 Å². The van der Waals surface area contributed by atoms with E-state index >= 15 is 0 Å². The van der Waals surface area contributed by atoms with Crippen molar-refractivity contribution in [3.63, 3.8) is 0 Å². The third kappa shape index (κ3) is 3.17. The molecule has 23 heavy (non-hydrogen) atoms. The summed E-state index contributed by atoms with van der Waals surface area (Å²) in [5, 5.41) is 11.0. The van der Waals surface area contributed by atoms with Gasteiger partial charge in [-0.1, -0.05) is 6.07 Å². The van der Waals surface area contributed by atoms with E-state index in [2.05, 4.69) is 4.98 Å². The lowest BCUT2D eigenvalue weighted by Crippen LogP contribution is -2.53. The van der Waals surface area contributed by atoms with E-state index < -0.39 is 17.1 Å². The quantitative estimate of drug-likeness (QED) is 0.808. The lowest BCUT2D eigenvalue weighted by atomic mass is 9.81. The monoisotopic (exact) mass is 322 g/mol. The van der Waals surface area contributed by atoms with E-state index in [1.165, 1.54) is 12.3 Å². The van der Waals surface area contributed by atoms with E-state index in [9.17, 15) is 14.3 Å². The number of hydrogen-bond donors (Lipinski definition) is 1. The van der Waals surface area contributed by atoms with Gasteiger partial charge in [0.15, 0.2) is 0 Å². The van der Waals surface area contributed by atoms with Gasteiger partial charge in [-0.2, -0.15) is 4.39 Å². The zero-order valence-electron chi connectivity index (χ0n) is 13.8. The molecule has 126 valence electrons. The lowest BCUT2D eigenvalue weighted by molar-refractivity contribution is -0.0626. The summed E-state index contributed by atoms with van der Waals surface area (Å²) in [5.74, 6) is -0.563. The van der Waals surface area contributed by atoms with E-state index in [0.29, 0.717) is 18.4 Å². The lowest BCUT2D eigenvalue weighted by Gasteiger charge is -2.44. The van der Waals surface area contributed by atoms with E-state index in [1.54, 1.807) is 11.0 Å². The molecule has 2 unspecified atom stereocenters. The first-order valence-corrected chi connectivity index (χ1v) is 8.04. The Balaban J connectivity index is 1.79. The summed E-state index contributed by atoms with van der Waals surface area (Å²) in [6.07, 6.45) is 3.62. The molecule has 2 aliphatic rings. The highest BCUT2D eigenvalue weighted by molar-refractivity contribution is 5.69. The van der Waals surface area contributed by atoms with Crippen LogP contribution in [-0.4, -0.2) is 38.8 Å². The Labute approximate surface area is 135 Å². The fraction of sp³-hybridized carbons (Fsp3) is 0.647. The summed E-state index contributed by atoms with van der Waals surface area (Å²) in [5.41, 5.74) is -0.990. The Morgan fingerprint density at radius 1 is 1.35 bits per heavy atom. The molecule has 2 fully saturated rings. The average molecular weight is 322 g/mol. The number of halogens is 1. The number of pyridine rings is 1. The molecule has 0 radical (unpaired) electrons. The Morgan fingerprint density at radius 3 is 2.43 bits per heavy atom. The highest BCUT2D eigenvalue weighted by atomic mass is 19.1. The van der Waals surface area contributed by atoms with Gasteiger partial charge < -0.3 is 14.7 Å². The second kappa shape index (κ2) is 5.44. The zero-order valence-corrected chi connectivity index (χ0v) is 13.8. The summed E-state index contributed by atoms with van der Waals surface area (Å²) in [7, 11) is 0. The van der Waals surface area contributed by atoms with Crippen LogP contribution in [0.5, 0.6) is 0 Å². The van der Waals surface area contributed by atoms with Gasteiger partial charge in [-0.05, 0) is 39.7 Å². The van der Waals surface area contributed by atoms with Gasteiger partial charge in [-0.15, -0.1) is 0 Å². The second-order valence-electron chi connectivity index (χ2n) is 7.58. The van der Waals surface area contributed by atoms with Crippen LogP contribution in [0.1, 0.15) is 52.0 Å². The second-order valence-corrected chi connectivity index (χ2v) is 7.58. The Morgan fingerprint density at radius 2 is 1.96 bits per heavy atom. The minimum absolute atomic E-state index is 0.0568. The first kappa shape index (κ1) is 16.2. The molecule has 5 nitrogen and oxygen atoms in total. The molecule has 1 amide bonds. The van der Waals surface area contributed by atoms with Gasteiger partial charge in [-0.3, -0.25) is 0 Å². The molecule has 2 aliphatic heterocycles. The van der Waals surface area contributed by atoms with Crippen molar-refractivity contribution in [2.75, 3.05) is 0 Å². The van der Waals surface area contributed by atoms with E-state index in [4.69, 9.17) is 4.74 Å². The number of amides is 1. The Hall–Kier alpha value is -1.69. The third-order valence-electron chi connectivity index (χ3n) is 4.64. The molecular weight excluding hydrogens is 299 g/mol. The van der Waals surface area contributed by atoms with Gasteiger partial charge in [0.2, 0.25) is 5.95 Å². The van der Waals surface area contributed by atoms with Crippen LogP contribution < -0.4 is 0 Å². The van der Waals surface area contributed by atoms with Crippen LogP contribution in [-0.2, 0) is 10.3 Å². The van der Waals surface area contributed by atoms with Crippen molar-refractivity contribution < 1.29 is 19.0 Å². The van der Waals surface area contributed by atoms with E-state index in [0.717, 1.165) is 12.8 Å². The molecule has 0 saturated carbocycles.